The molecule has 1 N–H and O–H groups in total. The second-order valence-electron chi connectivity index (χ2n) is 6.06. The Kier molecular flexibility index (Phi) is 5.62. The Bertz CT molecular complexity index is 605. The largest absolute Gasteiger partial charge is 0.492 e. The number of amides is 1. The lowest BCUT2D eigenvalue weighted by Gasteiger charge is -2.26. The van der Waals surface area contributed by atoms with Gasteiger partial charge in [0.2, 0.25) is 0 Å². The molecular formula is C18H24N2O3. The van der Waals surface area contributed by atoms with E-state index in [-0.39, 0.29) is 11.8 Å². The number of rotatable bonds is 8. The zero-order chi connectivity index (χ0) is 16.9. The molecule has 5 nitrogen and oxygen atoms in total. The summed E-state index contributed by atoms with van der Waals surface area (Å²) in [5.74, 6) is 0.640. The Hall–Kier alpha value is -2.06. The van der Waals surface area contributed by atoms with Crippen LogP contribution in [0.1, 0.15) is 45.1 Å². The number of carbonyl (C=O) groups is 1. The summed E-state index contributed by atoms with van der Waals surface area (Å²) in [5, 5.41) is 12.1. The minimum absolute atomic E-state index is 0.175. The van der Waals surface area contributed by atoms with Crippen molar-refractivity contribution in [2.24, 2.45) is 5.92 Å². The van der Waals surface area contributed by atoms with Gasteiger partial charge < -0.3 is 14.8 Å². The molecule has 1 amide bonds. The van der Waals surface area contributed by atoms with Crippen LogP contribution in [0.2, 0.25) is 0 Å². The van der Waals surface area contributed by atoms with Crippen molar-refractivity contribution in [2.45, 2.75) is 45.1 Å². The van der Waals surface area contributed by atoms with E-state index in [2.05, 4.69) is 18.3 Å². The molecule has 1 aromatic rings. The van der Waals surface area contributed by atoms with E-state index in [0.29, 0.717) is 23.6 Å². The zero-order valence-corrected chi connectivity index (χ0v) is 14.0. The summed E-state index contributed by atoms with van der Waals surface area (Å²) in [6.07, 6.45) is 3.99. The highest BCUT2D eigenvalue weighted by Crippen LogP contribution is 2.42. The second-order valence-corrected chi connectivity index (χ2v) is 6.06. The number of carbonyl (C=O) groups excluding carboxylic acids is 1. The average Bonchev–Trinajstić information content (AvgIpc) is 3.40. The molecule has 0 aromatic heterocycles. The lowest BCUT2D eigenvalue weighted by Crippen LogP contribution is -2.44. The van der Waals surface area contributed by atoms with Crippen molar-refractivity contribution < 1.29 is 14.3 Å². The molecule has 0 unspecified atom stereocenters. The van der Waals surface area contributed by atoms with Gasteiger partial charge in [-0.25, -0.2) is 0 Å². The molecule has 0 saturated heterocycles. The highest BCUT2D eigenvalue weighted by Gasteiger charge is 2.47. The number of anilines is 1. The van der Waals surface area contributed by atoms with Crippen molar-refractivity contribution >= 4 is 11.6 Å². The highest BCUT2D eigenvalue weighted by atomic mass is 16.5. The summed E-state index contributed by atoms with van der Waals surface area (Å²) in [4.78, 5) is 12.5. The van der Waals surface area contributed by atoms with E-state index >= 15 is 0 Å². The number of unbranched alkanes of at least 4 members (excludes halogenated alkanes) is 1. The van der Waals surface area contributed by atoms with Crippen LogP contribution < -0.4 is 10.1 Å². The van der Waals surface area contributed by atoms with E-state index in [1.54, 1.807) is 25.3 Å². The summed E-state index contributed by atoms with van der Waals surface area (Å²) < 4.78 is 11.0. The van der Waals surface area contributed by atoms with Gasteiger partial charge in [-0.15, -0.1) is 0 Å². The predicted molar refractivity (Wildman–Crippen MR) is 88.3 cm³/mol. The van der Waals surface area contributed by atoms with Crippen LogP contribution in [-0.2, 0) is 9.53 Å². The first kappa shape index (κ1) is 17.3. The van der Waals surface area contributed by atoms with Crippen LogP contribution in [0.15, 0.2) is 18.2 Å². The topological polar surface area (TPSA) is 71.3 Å². The van der Waals surface area contributed by atoms with Crippen molar-refractivity contribution in [3.8, 4) is 11.8 Å². The molecule has 1 atom stereocenters. The highest BCUT2D eigenvalue weighted by molar-refractivity contribution is 5.97. The van der Waals surface area contributed by atoms with Crippen LogP contribution in [0.3, 0.4) is 0 Å². The molecule has 0 bridgehead atoms. The molecule has 0 aliphatic heterocycles. The van der Waals surface area contributed by atoms with Crippen LogP contribution >= 0.6 is 0 Å². The van der Waals surface area contributed by atoms with E-state index in [9.17, 15) is 10.1 Å². The van der Waals surface area contributed by atoms with E-state index < -0.39 is 5.60 Å². The Morgan fingerprint density at radius 3 is 2.78 bits per heavy atom. The average molecular weight is 316 g/mol. The SMILES string of the molecule is CCCCOc1ccc(NC(=O)[C@@](C)(OC)C2CC2)cc1C#N. The summed E-state index contributed by atoms with van der Waals surface area (Å²) in [7, 11) is 1.56. The molecule has 1 aliphatic rings. The minimum Gasteiger partial charge on any atom is -0.492 e. The van der Waals surface area contributed by atoms with Gasteiger partial charge in [-0.1, -0.05) is 13.3 Å². The van der Waals surface area contributed by atoms with Gasteiger partial charge >= 0.3 is 0 Å². The van der Waals surface area contributed by atoms with Crippen molar-refractivity contribution in [1.29, 1.82) is 5.26 Å². The Balaban J connectivity index is 2.08. The first-order valence-corrected chi connectivity index (χ1v) is 8.08. The van der Waals surface area contributed by atoms with Crippen LogP contribution in [0, 0.1) is 17.2 Å². The molecule has 0 spiro atoms. The number of nitrogens with zero attached hydrogens (tertiary/aromatic N) is 1. The molecule has 2 rings (SSSR count). The van der Waals surface area contributed by atoms with Gasteiger partial charge in [0.1, 0.15) is 17.4 Å². The molecule has 1 fully saturated rings. The molecule has 1 aliphatic carbocycles. The maximum Gasteiger partial charge on any atom is 0.256 e. The van der Waals surface area contributed by atoms with Gasteiger partial charge in [0.15, 0.2) is 0 Å². The van der Waals surface area contributed by atoms with Gasteiger partial charge in [0.25, 0.3) is 5.91 Å². The summed E-state index contributed by atoms with van der Waals surface area (Å²) in [6, 6.07) is 7.24. The second kappa shape index (κ2) is 7.47. The quantitative estimate of drug-likeness (QED) is 0.745. The Morgan fingerprint density at radius 1 is 1.48 bits per heavy atom. The molecule has 124 valence electrons. The standard InChI is InChI=1S/C18H24N2O3/c1-4-5-10-23-16-9-8-15(11-13(16)12-19)20-17(21)18(2,22-3)14-6-7-14/h8-9,11,14H,4-7,10H2,1-3H3,(H,20,21)/t18-/m0/s1. The molecule has 0 radical (unpaired) electrons. The molecule has 0 heterocycles. The summed E-state index contributed by atoms with van der Waals surface area (Å²) >= 11 is 0. The molecule has 23 heavy (non-hydrogen) atoms. The fraction of sp³-hybridized carbons (Fsp3) is 0.556. The van der Waals surface area contributed by atoms with E-state index in [4.69, 9.17) is 9.47 Å². The molecule has 1 saturated carbocycles. The number of methoxy groups -OCH3 is 1. The Morgan fingerprint density at radius 2 is 2.22 bits per heavy atom. The first-order valence-electron chi connectivity index (χ1n) is 8.08. The van der Waals surface area contributed by atoms with Gasteiger partial charge in [-0.05, 0) is 50.3 Å². The van der Waals surface area contributed by atoms with Crippen molar-refractivity contribution in [2.75, 3.05) is 19.0 Å². The first-order chi connectivity index (χ1) is 11.0. The molecule has 5 heteroatoms. The van der Waals surface area contributed by atoms with Gasteiger partial charge in [-0.2, -0.15) is 5.26 Å². The fourth-order valence-corrected chi connectivity index (χ4v) is 2.48. The van der Waals surface area contributed by atoms with Crippen LogP contribution in [0.5, 0.6) is 5.75 Å². The van der Waals surface area contributed by atoms with E-state index in [0.717, 1.165) is 25.7 Å². The molecular weight excluding hydrogens is 292 g/mol. The predicted octanol–water partition coefficient (Wildman–Crippen LogP) is 3.49. The maximum atomic E-state index is 12.5. The smallest absolute Gasteiger partial charge is 0.256 e. The number of hydrogen-bond acceptors (Lipinski definition) is 4. The third kappa shape index (κ3) is 4.02. The fourth-order valence-electron chi connectivity index (χ4n) is 2.48. The van der Waals surface area contributed by atoms with Crippen molar-refractivity contribution in [3.05, 3.63) is 23.8 Å². The van der Waals surface area contributed by atoms with Gasteiger partial charge in [0.05, 0.1) is 12.2 Å². The third-order valence-corrected chi connectivity index (χ3v) is 4.34. The lowest BCUT2D eigenvalue weighted by molar-refractivity contribution is -0.138. The monoisotopic (exact) mass is 316 g/mol. The van der Waals surface area contributed by atoms with Crippen LogP contribution in [0.4, 0.5) is 5.69 Å². The lowest BCUT2D eigenvalue weighted by atomic mass is 9.99. The number of nitrogens with one attached hydrogen (secondary N) is 1. The summed E-state index contributed by atoms with van der Waals surface area (Å²) in [6.45, 7) is 4.48. The normalized spacial score (nSPS) is 16.3. The van der Waals surface area contributed by atoms with Gasteiger partial charge in [0, 0.05) is 12.8 Å². The number of hydrogen-bond donors (Lipinski definition) is 1. The van der Waals surface area contributed by atoms with Crippen LogP contribution in [0.25, 0.3) is 0 Å². The number of benzene rings is 1. The van der Waals surface area contributed by atoms with Crippen molar-refractivity contribution in [3.63, 3.8) is 0 Å². The van der Waals surface area contributed by atoms with E-state index in [1.165, 1.54) is 0 Å². The third-order valence-electron chi connectivity index (χ3n) is 4.34. The minimum atomic E-state index is -0.816. The zero-order valence-electron chi connectivity index (χ0n) is 14.0. The van der Waals surface area contributed by atoms with E-state index in [1.807, 2.05) is 6.92 Å². The summed E-state index contributed by atoms with van der Waals surface area (Å²) in [5.41, 5.74) is 0.186. The number of ether oxygens (including phenoxy) is 2. The van der Waals surface area contributed by atoms with Crippen LogP contribution in [-0.4, -0.2) is 25.2 Å². The number of nitriles is 1. The van der Waals surface area contributed by atoms with Gasteiger partial charge in [-0.3, -0.25) is 4.79 Å². The molecule has 1 aromatic carbocycles. The Labute approximate surface area is 137 Å². The maximum absolute atomic E-state index is 12.5. The van der Waals surface area contributed by atoms with Crippen molar-refractivity contribution in [1.82, 2.24) is 0 Å².